The molecule has 2 nitrogen and oxygen atoms in total. The van der Waals surface area contributed by atoms with Crippen LogP contribution >= 0.6 is 11.6 Å². The molecule has 0 radical (unpaired) electrons. The molecule has 0 aliphatic rings. The van der Waals surface area contributed by atoms with E-state index in [9.17, 15) is 0 Å². The first-order valence-electron chi connectivity index (χ1n) is 7.96. The number of aromatic nitrogens is 1. The lowest BCUT2D eigenvalue weighted by Crippen LogP contribution is -2.36. The minimum Gasteiger partial charge on any atom is -0.316 e. The predicted octanol–water partition coefficient (Wildman–Crippen LogP) is 4.86. The summed E-state index contributed by atoms with van der Waals surface area (Å²) in [6.07, 6.45) is 10.8. The molecule has 0 fully saturated rings. The van der Waals surface area contributed by atoms with Crippen LogP contribution < -0.4 is 5.32 Å². The summed E-state index contributed by atoms with van der Waals surface area (Å²) in [7, 11) is 0. The number of nitrogens with zero attached hydrogens (tertiary/aromatic N) is 1. The molecule has 1 aromatic heterocycles. The van der Waals surface area contributed by atoms with Gasteiger partial charge in [0, 0.05) is 18.9 Å². The Kier molecular flexibility index (Phi) is 8.16. The van der Waals surface area contributed by atoms with E-state index in [1.54, 1.807) is 6.20 Å². The topological polar surface area (TPSA) is 24.9 Å². The van der Waals surface area contributed by atoms with Crippen LogP contribution in [-0.2, 0) is 6.42 Å². The Hall–Kier alpha value is -0.600. The fourth-order valence-electron chi connectivity index (χ4n) is 2.70. The number of hydrogen-bond acceptors (Lipinski definition) is 2. The summed E-state index contributed by atoms with van der Waals surface area (Å²) in [5.74, 6) is 0. The lowest BCUT2D eigenvalue weighted by atomic mass is 9.75. The first kappa shape index (κ1) is 17.5. The highest BCUT2D eigenvalue weighted by Crippen LogP contribution is 2.34. The van der Waals surface area contributed by atoms with E-state index >= 15 is 0 Å². The third-order valence-electron chi connectivity index (χ3n) is 4.16. The third-order valence-corrected chi connectivity index (χ3v) is 4.50. The molecule has 114 valence electrons. The van der Waals surface area contributed by atoms with Crippen LogP contribution in [-0.4, -0.2) is 18.1 Å². The Labute approximate surface area is 129 Å². The van der Waals surface area contributed by atoms with Crippen molar-refractivity contribution in [1.29, 1.82) is 0 Å². The van der Waals surface area contributed by atoms with Crippen molar-refractivity contribution in [1.82, 2.24) is 10.3 Å². The molecule has 0 bridgehead atoms. The van der Waals surface area contributed by atoms with Crippen LogP contribution in [0.4, 0.5) is 0 Å². The Morgan fingerprint density at radius 2 is 2.05 bits per heavy atom. The normalized spacial score (nSPS) is 14.2. The molecule has 1 aromatic rings. The van der Waals surface area contributed by atoms with Crippen molar-refractivity contribution in [3.8, 4) is 0 Å². The summed E-state index contributed by atoms with van der Waals surface area (Å²) in [4.78, 5) is 4.09. The molecule has 0 aliphatic carbocycles. The largest absolute Gasteiger partial charge is 0.316 e. The van der Waals surface area contributed by atoms with Crippen molar-refractivity contribution in [2.75, 3.05) is 13.1 Å². The van der Waals surface area contributed by atoms with Gasteiger partial charge in [-0.2, -0.15) is 0 Å². The average Bonchev–Trinajstić information content (AvgIpc) is 2.47. The number of unbranched alkanes of at least 4 members (excludes halogenated alkanes) is 1. The van der Waals surface area contributed by atoms with E-state index in [1.807, 2.05) is 6.20 Å². The maximum absolute atomic E-state index is 6.30. The molecule has 1 atom stereocenters. The van der Waals surface area contributed by atoms with Crippen molar-refractivity contribution in [2.45, 2.75) is 59.3 Å². The van der Waals surface area contributed by atoms with Gasteiger partial charge in [-0.05, 0) is 49.3 Å². The van der Waals surface area contributed by atoms with Gasteiger partial charge in [0.2, 0.25) is 0 Å². The van der Waals surface area contributed by atoms with Crippen molar-refractivity contribution >= 4 is 11.6 Å². The highest BCUT2D eigenvalue weighted by Gasteiger charge is 2.28. The molecule has 0 saturated heterocycles. The number of rotatable bonds is 10. The van der Waals surface area contributed by atoms with Gasteiger partial charge in [0.05, 0.1) is 5.02 Å². The molecule has 1 heterocycles. The molecule has 1 N–H and O–H groups in total. The highest BCUT2D eigenvalue weighted by molar-refractivity contribution is 6.31. The van der Waals surface area contributed by atoms with Crippen LogP contribution in [0.5, 0.6) is 0 Å². The van der Waals surface area contributed by atoms with Crippen molar-refractivity contribution in [3.05, 3.63) is 29.0 Å². The Morgan fingerprint density at radius 3 is 2.65 bits per heavy atom. The second-order valence-electron chi connectivity index (χ2n) is 5.78. The van der Waals surface area contributed by atoms with E-state index < -0.39 is 0 Å². The van der Waals surface area contributed by atoms with E-state index in [-0.39, 0.29) is 0 Å². The minimum absolute atomic E-state index is 0.316. The zero-order valence-corrected chi connectivity index (χ0v) is 14.0. The van der Waals surface area contributed by atoms with Crippen molar-refractivity contribution < 1.29 is 0 Å². The predicted molar refractivity (Wildman–Crippen MR) is 88.4 cm³/mol. The van der Waals surface area contributed by atoms with Gasteiger partial charge in [-0.3, -0.25) is 4.98 Å². The third kappa shape index (κ3) is 5.41. The maximum Gasteiger partial charge on any atom is 0.0621 e. The smallest absolute Gasteiger partial charge is 0.0621 e. The summed E-state index contributed by atoms with van der Waals surface area (Å²) in [5, 5.41) is 4.42. The molecular formula is C17H29ClN2. The zero-order valence-electron chi connectivity index (χ0n) is 13.2. The van der Waals surface area contributed by atoms with Crippen LogP contribution in [0.2, 0.25) is 5.02 Å². The standard InChI is InChI=1S/C17H29ClN2/c1-4-7-9-17(6-3,14-20-10-5-2)12-15-8-11-19-13-16(15)18/h8,11,13,20H,4-7,9-10,12,14H2,1-3H3. The van der Waals surface area contributed by atoms with Crippen LogP contribution in [0.3, 0.4) is 0 Å². The zero-order chi connectivity index (χ0) is 14.8. The van der Waals surface area contributed by atoms with Crippen LogP contribution in [0.25, 0.3) is 0 Å². The summed E-state index contributed by atoms with van der Waals surface area (Å²) < 4.78 is 0. The average molecular weight is 297 g/mol. The van der Waals surface area contributed by atoms with E-state index in [1.165, 1.54) is 37.7 Å². The van der Waals surface area contributed by atoms with E-state index in [4.69, 9.17) is 11.6 Å². The Balaban J connectivity index is 2.81. The van der Waals surface area contributed by atoms with Gasteiger partial charge in [0.15, 0.2) is 0 Å². The number of hydrogen-bond donors (Lipinski definition) is 1. The van der Waals surface area contributed by atoms with Gasteiger partial charge in [-0.25, -0.2) is 0 Å². The second-order valence-corrected chi connectivity index (χ2v) is 6.18. The monoisotopic (exact) mass is 296 g/mol. The highest BCUT2D eigenvalue weighted by atomic mass is 35.5. The summed E-state index contributed by atoms with van der Waals surface area (Å²) in [6, 6.07) is 2.07. The van der Waals surface area contributed by atoms with Crippen LogP contribution in [0.15, 0.2) is 18.5 Å². The van der Waals surface area contributed by atoms with Gasteiger partial charge in [0.25, 0.3) is 0 Å². The number of halogens is 1. The molecule has 3 heteroatoms. The lowest BCUT2D eigenvalue weighted by molar-refractivity contribution is 0.229. The van der Waals surface area contributed by atoms with Crippen LogP contribution in [0.1, 0.15) is 58.4 Å². The number of nitrogens with one attached hydrogen (secondary N) is 1. The molecule has 0 amide bonds. The minimum atomic E-state index is 0.316. The van der Waals surface area contributed by atoms with E-state index in [2.05, 4.69) is 37.1 Å². The van der Waals surface area contributed by atoms with Gasteiger partial charge < -0.3 is 5.32 Å². The van der Waals surface area contributed by atoms with Gasteiger partial charge in [-0.1, -0.05) is 45.2 Å². The summed E-state index contributed by atoms with van der Waals surface area (Å²) in [6.45, 7) is 8.96. The maximum atomic E-state index is 6.30. The SMILES string of the molecule is CCCCC(CC)(CNCCC)Cc1ccncc1Cl. The first-order valence-corrected chi connectivity index (χ1v) is 8.34. The van der Waals surface area contributed by atoms with Gasteiger partial charge in [0.1, 0.15) is 0 Å². The first-order chi connectivity index (χ1) is 9.67. The van der Waals surface area contributed by atoms with Gasteiger partial charge >= 0.3 is 0 Å². The molecule has 1 rings (SSSR count). The molecule has 0 aliphatic heterocycles. The molecule has 0 spiro atoms. The fourth-order valence-corrected chi connectivity index (χ4v) is 2.89. The molecule has 0 aromatic carbocycles. The van der Waals surface area contributed by atoms with Crippen LogP contribution in [0, 0.1) is 5.41 Å². The Bertz CT molecular complexity index is 381. The lowest BCUT2D eigenvalue weighted by Gasteiger charge is -2.34. The molecular weight excluding hydrogens is 268 g/mol. The van der Waals surface area contributed by atoms with E-state index in [0.717, 1.165) is 24.5 Å². The quantitative estimate of drug-likeness (QED) is 0.623. The Morgan fingerprint density at radius 1 is 1.25 bits per heavy atom. The summed E-state index contributed by atoms with van der Waals surface area (Å²) in [5.41, 5.74) is 1.55. The summed E-state index contributed by atoms with van der Waals surface area (Å²) >= 11 is 6.30. The number of pyridine rings is 1. The second kappa shape index (κ2) is 9.36. The fraction of sp³-hybridized carbons (Fsp3) is 0.706. The van der Waals surface area contributed by atoms with Crippen molar-refractivity contribution in [3.63, 3.8) is 0 Å². The van der Waals surface area contributed by atoms with Crippen molar-refractivity contribution in [2.24, 2.45) is 5.41 Å². The molecule has 20 heavy (non-hydrogen) atoms. The molecule has 1 unspecified atom stereocenters. The van der Waals surface area contributed by atoms with E-state index in [0.29, 0.717) is 5.41 Å². The molecule has 0 saturated carbocycles. The van der Waals surface area contributed by atoms with Gasteiger partial charge in [-0.15, -0.1) is 0 Å².